The molecule has 3 saturated carbocycles. The molecule has 0 aromatic rings. The van der Waals surface area contributed by atoms with Gasteiger partial charge in [0.05, 0.1) is 12.2 Å². The SMILES string of the molecule is C[C@@H](O)[C@]1(C)CC[C@]2(C)CC[C@]3(C)C4=C(CC[C@@]3(C)[C@@H]2C1)[C@@]1(C)CC[C@H](O)C(C)(C)[C@@H]1CC4. The molecular formula is C31H52O2. The zero-order valence-electron chi connectivity index (χ0n) is 23.0. The van der Waals surface area contributed by atoms with E-state index < -0.39 is 0 Å². The Bertz CT molecular complexity index is 855. The molecule has 0 bridgehead atoms. The first-order chi connectivity index (χ1) is 15.1. The van der Waals surface area contributed by atoms with Gasteiger partial charge in [0.2, 0.25) is 0 Å². The highest BCUT2D eigenvalue weighted by Crippen LogP contribution is 2.75. The number of aliphatic hydroxyl groups is 2. The van der Waals surface area contributed by atoms with Gasteiger partial charge in [0, 0.05) is 0 Å². The van der Waals surface area contributed by atoms with E-state index >= 15 is 0 Å². The molecule has 3 fully saturated rings. The van der Waals surface area contributed by atoms with Gasteiger partial charge in [0.15, 0.2) is 0 Å². The van der Waals surface area contributed by atoms with Gasteiger partial charge >= 0.3 is 0 Å². The summed E-state index contributed by atoms with van der Waals surface area (Å²) in [5.74, 6) is 1.30. The van der Waals surface area contributed by atoms with Crippen molar-refractivity contribution in [2.75, 3.05) is 0 Å². The highest BCUT2D eigenvalue weighted by molar-refractivity contribution is 5.38. The predicted molar refractivity (Wildman–Crippen MR) is 137 cm³/mol. The number of fused-ring (bicyclic) bond motifs is 6. The summed E-state index contributed by atoms with van der Waals surface area (Å²) in [6, 6.07) is 0. The lowest BCUT2D eigenvalue weighted by molar-refractivity contribution is -0.168. The van der Waals surface area contributed by atoms with Crippen molar-refractivity contribution in [2.45, 2.75) is 138 Å². The molecular weight excluding hydrogens is 404 g/mol. The molecule has 0 aromatic carbocycles. The molecule has 2 nitrogen and oxygen atoms in total. The molecule has 0 radical (unpaired) electrons. The Labute approximate surface area is 204 Å². The van der Waals surface area contributed by atoms with Gasteiger partial charge < -0.3 is 10.2 Å². The minimum absolute atomic E-state index is 0.0147. The van der Waals surface area contributed by atoms with Crippen LogP contribution in [0, 0.1) is 44.3 Å². The maximum atomic E-state index is 10.9. The van der Waals surface area contributed by atoms with E-state index in [4.69, 9.17) is 0 Å². The number of hydrogen-bond donors (Lipinski definition) is 2. The van der Waals surface area contributed by atoms with Crippen LogP contribution < -0.4 is 0 Å². The Morgan fingerprint density at radius 1 is 0.758 bits per heavy atom. The molecule has 5 rings (SSSR count). The van der Waals surface area contributed by atoms with Gasteiger partial charge in [-0.2, -0.15) is 0 Å². The molecule has 0 unspecified atom stereocenters. The summed E-state index contributed by atoms with van der Waals surface area (Å²) in [6.45, 7) is 19.6. The summed E-state index contributed by atoms with van der Waals surface area (Å²) in [7, 11) is 0. The van der Waals surface area contributed by atoms with E-state index in [1.54, 1.807) is 0 Å². The van der Waals surface area contributed by atoms with Crippen molar-refractivity contribution in [1.82, 2.24) is 0 Å². The zero-order valence-corrected chi connectivity index (χ0v) is 23.0. The molecule has 0 aliphatic heterocycles. The third-order valence-electron chi connectivity index (χ3n) is 13.8. The minimum atomic E-state index is -0.220. The number of aliphatic hydroxyl groups excluding tert-OH is 2. The topological polar surface area (TPSA) is 40.5 Å². The van der Waals surface area contributed by atoms with Crippen molar-refractivity contribution >= 4 is 0 Å². The van der Waals surface area contributed by atoms with Crippen LogP contribution in [0.25, 0.3) is 0 Å². The van der Waals surface area contributed by atoms with Crippen LogP contribution in [0.15, 0.2) is 11.1 Å². The Morgan fingerprint density at radius 3 is 2.09 bits per heavy atom. The van der Waals surface area contributed by atoms with Gasteiger partial charge in [-0.05, 0) is 122 Å². The first-order valence-electron chi connectivity index (χ1n) is 14.2. The van der Waals surface area contributed by atoms with Crippen LogP contribution in [0.5, 0.6) is 0 Å². The molecule has 0 aromatic heterocycles. The predicted octanol–water partition coefficient (Wildman–Crippen LogP) is 7.67. The van der Waals surface area contributed by atoms with Crippen LogP contribution in [0.2, 0.25) is 0 Å². The standard InChI is InChI=1S/C31H52O2/c1-20(32)28(5)16-15-27(4)17-18-30(7)22-9-10-23-26(2,3)25(33)12-13-29(23,6)21(22)11-14-31(30,8)24(27)19-28/h20,23-25,32-33H,9-19H2,1-8H3/t20-,23+,24-,25+,27-,28-,29-,30-,31+/m1/s1. The maximum Gasteiger partial charge on any atom is 0.0594 e. The fraction of sp³-hybridized carbons (Fsp3) is 0.935. The van der Waals surface area contributed by atoms with Crippen molar-refractivity contribution in [3.8, 4) is 0 Å². The molecule has 2 heteroatoms. The molecule has 0 heterocycles. The zero-order chi connectivity index (χ0) is 24.2. The average molecular weight is 457 g/mol. The quantitative estimate of drug-likeness (QED) is 0.397. The lowest BCUT2D eigenvalue weighted by atomic mass is 9.35. The van der Waals surface area contributed by atoms with Crippen LogP contribution in [-0.2, 0) is 0 Å². The van der Waals surface area contributed by atoms with E-state index in [1.807, 2.05) is 18.1 Å². The second-order valence-electron chi connectivity index (χ2n) is 15.3. The van der Waals surface area contributed by atoms with Crippen LogP contribution in [0.1, 0.15) is 126 Å². The highest BCUT2D eigenvalue weighted by atomic mass is 16.3. The summed E-state index contributed by atoms with van der Waals surface area (Å²) in [5, 5.41) is 21.6. The molecule has 0 spiro atoms. The fourth-order valence-corrected chi connectivity index (χ4v) is 10.7. The molecule has 188 valence electrons. The summed E-state index contributed by atoms with van der Waals surface area (Å²) >= 11 is 0. The van der Waals surface area contributed by atoms with Crippen molar-refractivity contribution in [3.63, 3.8) is 0 Å². The van der Waals surface area contributed by atoms with E-state index in [-0.39, 0.29) is 33.9 Å². The first-order valence-corrected chi connectivity index (χ1v) is 14.2. The first kappa shape index (κ1) is 24.4. The average Bonchev–Trinajstić information content (AvgIpc) is 2.74. The van der Waals surface area contributed by atoms with Gasteiger partial charge in [-0.3, -0.25) is 0 Å². The number of allylic oxidation sites excluding steroid dienone is 2. The third kappa shape index (κ3) is 2.98. The second-order valence-corrected chi connectivity index (χ2v) is 15.3. The molecule has 5 aliphatic rings. The monoisotopic (exact) mass is 456 g/mol. The second kappa shape index (κ2) is 7.12. The molecule has 33 heavy (non-hydrogen) atoms. The smallest absolute Gasteiger partial charge is 0.0594 e. The fourth-order valence-electron chi connectivity index (χ4n) is 10.7. The Balaban J connectivity index is 1.58. The lowest BCUT2D eigenvalue weighted by Gasteiger charge is -2.70. The van der Waals surface area contributed by atoms with Crippen LogP contribution in [0.4, 0.5) is 0 Å². The Kier molecular flexibility index (Phi) is 5.25. The lowest BCUT2D eigenvalue weighted by Crippen LogP contribution is -2.61. The normalized spacial score (nSPS) is 54.5. The maximum absolute atomic E-state index is 10.9. The largest absolute Gasteiger partial charge is 0.393 e. The van der Waals surface area contributed by atoms with Gasteiger partial charge in [0.1, 0.15) is 0 Å². The summed E-state index contributed by atoms with van der Waals surface area (Å²) in [5.41, 5.74) is 5.04. The van der Waals surface area contributed by atoms with Gasteiger partial charge in [0.25, 0.3) is 0 Å². The molecule has 9 atom stereocenters. The summed E-state index contributed by atoms with van der Waals surface area (Å²) < 4.78 is 0. The summed E-state index contributed by atoms with van der Waals surface area (Å²) in [4.78, 5) is 0. The van der Waals surface area contributed by atoms with E-state index in [0.29, 0.717) is 22.7 Å². The minimum Gasteiger partial charge on any atom is -0.393 e. The van der Waals surface area contributed by atoms with Crippen molar-refractivity contribution in [3.05, 3.63) is 11.1 Å². The Hall–Kier alpha value is -0.340. The number of rotatable bonds is 1. The van der Waals surface area contributed by atoms with E-state index in [2.05, 4.69) is 48.5 Å². The summed E-state index contributed by atoms with van der Waals surface area (Å²) in [6.07, 6.45) is 13.1. The number of hydrogen-bond acceptors (Lipinski definition) is 2. The van der Waals surface area contributed by atoms with Crippen LogP contribution >= 0.6 is 0 Å². The Morgan fingerprint density at radius 2 is 1.42 bits per heavy atom. The molecule has 0 amide bonds. The molecule has 0 saturated heterocycles. The van der Waals surface area contributed by atoms with Gasteiger partial charge in [-0.25, -0.2) is 0 Å². The third-order valence-corrected chi connectivity index (χ3v) is 13.8. The van der Waals surface area contributed by atoms with Gasteiger partial charge in [-0.15, -0.1) is 0 Å². The van der Waals surface area contributed by atoms with Crippen molar-refractivity contribution in [1.29, 1.82) is 0 Å². The van der Waals surface area contributed by atoms with Crippen molar-refractivity contribution < 1.29 is 10.2 Å². The molecule has 5 aliphatic carbocycles. The van der Waals surface area contributed by atoms with Gasteiger partial charge in [-0.1, -0.05) is 59.6 Å². The molecule has 2 N–H and O–H groups in total. The van der Waals surface area contributed by atoms with E-state index in [0.717, 1.165) is 12.8 Å². The van der Waals surface area contributed by atoms with Crippen molar-refractivity contribution in [2.24, 2.45) is 44.3 Å². The highest BCUT2D eigenvalue weighted by Gasteiger charge is 2.66. The van der Waals surface area contributed by atoms with E-state index in [1.165, 1.54) is 57.8 Å². The van der Waals surface area contributed by atoms with Crippen LogP contribution in [-0.4, -0.2) is 22.4 Å². The van der Waals surface area contributed by atoms with E-state index in [9.17, 15) is 10.2 Å². The van der Waals surface area contributed by atoms with Crippen LogP contribution in [0.3, 0.4) is 0 Å².